The van der Waals surface area contributed by atoms with Crippen molar-refractivity contribution in [3.63, 3.8) is 0 Å². The molecule has 0 spiro atoms. The highest BCUT2D eigenvalue weighted by molar-refractivity contribution is 5.11. The second kappa shape index (κ2) is 17.1. The summed E-state index contributed by atoms with van der Waals surface area (Å²) in [7, 11) is 1.55. The van der Waals surface area contributed by atoms with Crippen LogP contribution in [0.15, 0.2) is 10.6 Å². The van der Waals surface area contributed by atoms with Crippen molar-refractivity contribution in [1.29, 1.82) is 0 Å². The van der Waals surface area contributed by atoms with E-state index in [0.717, 1.165) is 18.6 Å². The van der Waals surface area contributed by atoms with Crippen LogP contribution < -0.4 is 4.74 Å². The summed E-state index contributed by atoms with van der Waals surface area (Å²) in [5, 5.41) is 12.9. The van der Waals surface area contributed by atoms with Crippen molar-refractivity contribution in [2.75, 3.05) is 20.3 Å². The maximum absolute atomic E-state index is 9.05. The number of aliphatic hydroxyl groups is 1. The first-order valence-electron chi connectivity index (χ1n) is 11.0. The Morgan fingerprint density at radius 2 is 1.48 bits per heavy atom. The highest BCUT2D eigenvalue weighted by Crippen LogP contribution is 2.16. The molecule has 1 heterocycles. The topological polar surface area (TPSA) is 64.7 Å². The summed E-state index contributed by atoms with van der Waals surface area (Å²) in [5.41, 5.74) is 0. The van der Waals surface area contributed by atoms with E-state index in [9.17, 15) is 0 Å². The number of hydrogen-bond donors (Lipinski definition) is 1. The second-order valence-corrected chi connectivity index (χ2v) is 7.48. The van der Waals surface area contributed by atoms with Gasteiger partial charge in [-0.25, -0.2) is 0 Å². The van der Waals surface area contributed by atoms with Crippen LogP contribution >= 0.6 is 0 Å². The molecule has 1 atom stereocenters. The Hall–Kier alpha value is -1.07. The van der Waals surface area contributed by atoms with Gasteiger partial charge in [-0.3, -0.25) is 0 Å². The summed E-state index contributed by atoms with van der Waals surface area (Å²) in [5.74, 6) is 1.33. The summed E-state index contributed by atoms with van der Waals surface area (Å²) in [6, 6.07) is 1.84. The van der Waals surface area contributed by atoms with Crippen LogP contribution in [0, 0.1) is 0 Å². The Bertz CT molecular complexity index is 432. The molecule has 0 aliphatic heterocycles. The van der Waals surface area contributed by atoms with Gasteiger partial charge in [0.15, 0.2) is 0 Å². The Balaban J connectivity index is 1.91. The summed E-state index contributed by atoms with van der Waals surface area (Å²) >= 11 is 0. The fourth-order valence-corrected chi connectivity index (χ4v) is 3.17. The van der Waals surface area contributed by atoms with Crippen molar-refractivity contribution in [2.24, 2.45) is 0 Å². The molecule has 1 rings (SSSR count). The van der Waals surface area contributed by atoms with Crippen molar-refractivity contribution in [2.45, 2.75) is 103 Å². The van der Waals surface area contributed by atoms with Gasteiger partial charge in [0.1, 0.15) is 18.5 Å². The number of hydrogen-bond acceptors (Lipinski definition) is 5. The molecule has 0 saturated heterocycles. The molecule has 1 aromatic rings. The van der Waals surface area contributed by atoms with E-state index in [4.69, 9.17) is 19.1 Å². The third-order valence-corrected chi connectivity index (χ3v) is 5.02. The zero-order chi connectivity index (χ0) is 19.6. The van der Waals surface area contributed by atoms with Crippen LogP contribution in [0.5, 0.6) is 5.88 Å². The lowest BCUT2D eigenvalue weighted by Gasteiger charge is -2.11. The Morgan fingerprint density at radius 3 is 2.00 bits per heavy atom. The first-order valence-corrected chi connectivity index (χ1v) is 11.0. The minimum absolute atomic E-state index is 0.0693. The number of nitrogens with zero attached hydrogens (tertiary/aromatic N) is 1. The van der Waals surface area contributed by atoms with Gasteiger partial charge in [0.2, 0.25) is 0 Å². The van der Waals surface area contributed by atoms with Gasteiger partial charge < -0.3 is 19.1 Å². The van der Waals surface area contributed by atoms with Crippen LogP contribution in [0.2, 0.25) is 0 Å². The van der Waals surface area contributed by atoms with Crippen LogP contribution in [0.3, 0.4) is 0 Å². The SMILES string of the molecule is CCCCCCCCCCCCCCCc1cc(OC[C@H](CO)OC)no1. The van der Waals surface area contributed by atoms with Crippen LogP contribution in [-0.4, -0.2) is 36.7 Å². The number of ether oxygens (including phenoxy) is 2. The highest BCUT2D eigenvalue weighted by Gasteiger charge is 2.09. The lowest BCUT2D eigenvalue weighted by Crippen LogP contribution is -2.24. The summed E-state index contributed by atoms with van der Waals surface area (Å²) < 4.78 is 15.8. The number of aromatic nitrogens is 1. The molecule has 0 aromatic carbocycles. The molecule has 0 unspecified atom stereocenters. The molecule has 158 valence electrons. The number of aryl methyl sites for hydroxylation is 1. The largest absolute Gasteiger partial charge is 0.473 e. The van der Waals surface area contributed by atoms with Crippen molar-refractivity contribution in [1.82, 2.24) is 5.16 Å². The second-order valence-electron chi connectivity index (χ2n) is 7.48. The van der Waals surface area contributed by atoms with Crippen molar-refractivity contribution >= 4 is 0 Å². The zero-order valence-electron chi connectivity index (χ0n) is 17.6. The smallest absolute Gasteiger partial charge is 0.254 e. The van der Waals surface area contributed by atoms with Crippen molar-refractivity contribution in [3.05, 3.63) is 11.8 Å². The summed E-state index contributed by atoms with van der Waals surface area (Å²) in [6.45, 7) is 2.48. The number of aliphatic hydroxyl groups excluding tert-OH is 1. The van der Waals surface area contributed by atoms with E-state index in [2.05, 4.69) is 12.1 Å². The normalized spacial score (nSPS) is 12.4. The van der Waals surface area contributed by atoms with Crippen LogP contribution in [0.4, 0.5) is 0 Å². The molecule has 0 radical (unpaired) electrons. The van der Waals surface area contributed by atoms with Crippen LogP contribution in [-0.2, 0) is 11.2 Å². The molecule has 1 N–H and O–H groups in total. The van der Waals surface area contributed by atoms with E-state index in [1.807, 2.05) is 6.07 Å². The summed E-state index contributed by atoms with van der Waals surface area (Å²) in [4.78, 5) is 0. The molecule has 0 bridgehead atoms. The highest BCUT2D eigenvalue weighted by atomic mass is 16.6. The minimum Gasteiger partial charge on any atom is -0.473 e. The number of methoxy groups -OCH3 is 1. The number of unbranched alkanes of at least 4 members (excludes halogenated alkanes) is 12. The molecular weight excluding hydrogens is 342 g/mol. The van der Waals surface area contributed by atoms with Crippen LogP contribution in [0.25, 0.3) is 0 Å². The maximum Gasteiger partial charge on any atom is 0.254 e. The van der Waals surface area contributed by atoms with Gasteiger partial charge in [-0.2, -0.15) is 0 Å². The maximum atomic E-state index is 9.05. The predicted octanol–water partition coefficient (Wildman–Crippen LogP) is 5.69. The lowest BCUT2D eigenvalue weighted by atomic mass is 10.0. The molecule has 27 heavy (non-hydrogen) atoms. The molecule has 0 amide bonds. The molecule has 5 heteroatoms. The minimum atomic E-state index is -0.328. The van der Waals surface area contributed by atoms with Gasteiger partial charge in [0, 0.05) is 19.6 Å². The quantitative estimate of drug-likeness (QED) is 0.311. The molecule has 0 fully saturated rings. The third kappa shape index (κ3) is 12.9. The molecule has 0 aliphatic rings. The van der Waals surface area contributed by atoms with Gasteiger partial charge in [0.25, 0.3) is 5.88 Å². The Morgan fingerprint density at radius 1 is 0.926 bits per heavy atom. The first-order chi connectivity index (χ1) is 13.3. The summed E-state index contributed by atoms with van der Waals surface area (Å²) in [6.07, 6.45) is 18.2. The molecule has 1 aromatic heterocycles. The van der Waals surface area contributed by atoms with Gasteiger partial charge in [-0.1, -0.05) is 84.0 Å². The lowest BCUT2D eigenvalue weighted by molar-refractivity contribution is 0.0145. The molecule has 5 nitrogen and oxygen atoms in total. The fraction of sp³-hybridized carbons (Fsp3) is 0.864. The number of rotatable bonds is 19. The van der Waals surface area contributed by atoms with Gasteiger partial charge in [0.05, 0.1) is 6.61 Å². The van der Waals surface area contributed by atoms with E-state index < -0.39 is 0 Å². The van der Waals surface area contributed by atoms with Crippen molar-refractivity contribution in [3.8, 4) is 5.88 Å². The average Bonchev–Trinajstić information content (AvgIpc) is 3.14. The van der Waals surface area contributed by atoms with E-state index in [1.165, 1.54) is 77.0 Å². The predicted molar refractivity (Wildman–Crippen MR) is 109 cm³/mol. The zero-order valence-corrected chi connectivity index (χ0v) is 17.6. The molecule has 0 saturated carbocycles. The van der Waals surface area contributed by atoms with Gasteiger partial charge in [-0.05, 0) is 11.6 Å². The van der Waals surface area contributed by atoms with Crippen molar-refractivity contribution < 1.29 is 19.1 Å². The third-order valence-electron chi connectivity index (χ3n) is 5.02. The molecule has 0 aliphatic carbocycles. The van der Waals surface area contributed by atoms with Gasteiger partial charge in [-0.15, -0.1) is 0 Å². The van der Waals surface area contributed by atoms with Gasteiger partial charge >= 0.3 is 0 Å². The Labute approximate surface area is 165 Å². The average molecular weight is 384 g/mol. The van der Waals surface area contributed by atoms with E-state index in [1.54, 1.807) is 7.11 Å². The van der Waals surface area contributed by atoms with E-state index in [0.29, 0.717) is 5.88 Å². The standard InChI is InChI=1S/C22H41NO4/c1-3-4-5-6-7-8-9-10-11-12-13-14-15-16-20-17-22(23-27-20)26-19-21(18-24)25-2/h17,21,24H,3-16,18-19H2,1-2H3/t21-/m0/s1. The Kier molecular flexibility index (Phi) is 15.1. The fourth-order valence-electron chi connectivity index (χ4n) is 3.17. The van der Waals surface area contributed by atoms with E-state index in [-0.39, 0.29) is 19.3 Å². The first kappa shape index (κ1) is 24.0. The van der Waals surface area contributed by atoms with E-state index >= 15 is 0 Å². The monoisotopic (exact) mass is 383 g/mol. The van der Waals surface area contributed by atoms with Crippen LogP contribution in [0.1, 0.15) is 96.2 Å². The molecular formula is C22H41NO4.